The number of carbonyl (C=O) groups is 1. The molecule has 0 unspecified atom stereocenters. The van der Waals surface area contributed by atoms with Gasteiger partial charge in [0.15, 0.2) is 11.3 Å². The number of rotatable bonds is 9. The Morgan fingerprint density at radius 1 is 1.08 bits per heavy atom. The molecule has 11 nitrogen and oxygen atoms in total. The van der Waals surface area contributed by atoms with Gasteiger partial charge in [-0.1, -0.05) is 0 Å². The zero-order valence-corrected chi connectivity index (χ0v) is 21.6. The van der Waals surface area contributed by atoms with Crippen LogP contribution in [0.2, 0.25) is 0 Å². The second-order valence-corrected chi connectivity index (χ2v) is 8.83. The maximum Gasteiger partial charge on any atom is 0.269 e. The van der Waals surface area contributed by atoms with Gasteiger partial charge in [-0.25, -0.2) is 9.37 Å². The number of carbonyl (C=O) groups excluding carboxylic acids is 1. The molecule has 0 aliphatic carbocycles. The number of ether oxygens (including phenoxy) is 3. The van der Waals surface area contributed by atoms with Crippen molar-refractivity contribution in [3.63, 3.8) is 0 Å². The van der Waals surface area contributed by atoms with Crippen molar-refractivity contribution in [3.8, 4) is 11.5 Å². The highest BCUT2D eigenvalue weighted by molar-refractivity contribution is 6.01. The van der Waals surface area contributed by atoms with Crippen molar-refractivity contribution in [2.45, 2.75) is 12.8 Å². The number of nitrogens with two attached hydrogens (primary N) is 2. The second-order valence-electron chi connectivity index (χ2n) is 8.83. The van der Waals surface area contributed by atoms with Crippen molar-refractivity contribution in [2.75, 3.05) is 39.5 Å². The summed E-state index contributed by atoms with van der Waals surface area (Å²) in [4.78, 5) is 24.1. The minimum Gasteiger partial charge on any atom is -0.493 e. The van der Waals surface area contributed by atoms with Crippen LogP contribution in [0, 0.1) is 5.82 Å². The van der Waals surface area contributed by atoms with E-state index < -0.39 is 11.7 Å². The zero-order valence-electron chi connectivity index (χ0n) is 21.6. The predicted molar refractivity (Wildman–Crippen MR) is 143 cm³/mol. The lowest BCUT2D eigenvalue weighted by Gasteiger charge is -2.12. The number of nitrogens with one attached hydrogen (secondary N) is 2. The molecule has 1 amide bonds. The van der Waals surface area contributed by atoms with Gasteiger partial charge in [0.2, 0.25) is 11.7 Å². The van der Waals surface area contributed by atoms with Gasteiger partial charge in [0.1, 0.15) is 29.8 Å². The maximum atomic E-state index is 14.2. The Morgan fingerprint density at radius 3 is 2.62 bits per heavy atom. The number of amides is 1. The van der Waals surface area contributed by atoms with Gasteiger partial charge in [-0.3, -0.25) is 4.79 Å². The fourth-order valence-corrected chi connectivity index (χ4v) is 4.61. The van der Waals surface area contributed by atoms with E-state index >= 15 is 0 Å². The minimum atomic E-state index is -0.423. The normalized spacial score (nSPS) is 11.3. The molecule has 0 bridgehead atoms. The first kappa shape index (κ1) is 25.8. The number of aromatic amines is 1. The Kier molecular flexibility index (Phi) is 6.94. The van der Waals surface area contributed by atoms with Crippen molar-refractivity contribution in [1.29, 1.82) is 0 Å². The smallest absolute Gasteiger partial charge is 0.269 e. The molecule has 3 heterocycles. The first-order valence-corrected chi connectivity index (χ1v) is 11.9. The Hall–Kier alpha value is -4.84. The van der Waals surface area contributed by atoms with Gasteiger partial charge < -0.3 is 40.4 Å². The summed E-state index contributed by atoms with van der Waals surface area (Å²) in [7, 11) is 4.52. The summed E-state index contributed by atoms with van der Waals surface area (Å²) < 4.78 is 36.7. The van der Waals surface area contributed by atoms with Gasteiger partial charge in [-0.05, 0) is 41.5 Å². The van der Waals surface area contributed by atoms with Gasteiger partial charge in [0.25, 0.3) is 5.91 Å². The maximum absolute atomic E-state index is 14.2. The van der Waals surface area contributed by atoms with Crippen LogP contribution < -0.4 is 26.3 Å². The molecular weight excluding hydrogens is 507 g/mol. The van der Waals surface area contributed by atoms with Crippen LogP contribution >= 0.6 is 0 Å². The highest BCUT2D eigenvalue weighted by Gasteiger charge is 2.23. The number of hydrogen-bond donors (Lipinski definition) is 4. The lowest BCUT2D eigenvalue weighted by Crippen LogP contribution is -2.26. The Balaban J connectivity index is 1.63. The molecule has 0 radical (unpaired) electrons. The Labute approximate surface area is 222 Å². The first-order chi connectivity index (χ1) is 18.8. The number of furan rings is 1. The zero-order chi connectivity index (χ0) is 27.7. The second kappa shape index (κ2) is 10.5. The number of methoxy groups -OCH3 is 3. The van der Waals surface area contributed by atoms with Crippen LogP contribution in [0.5, 0.6) is 11.5 Å². The van der Waals surface area contributed by atoms with Crippen LogP contribution in [0.3, 0.4) is 0 Å². The third-order valence-electron chi connectivity index (χ3n) is 6.41. The number of hydrogen-bond acceptors (Lipinski definition) is 9. The van der Waals surface area contributed by atoms with Crippen LogP contribution in [-0.4, -0.2) is 48.9 Å². The highest BCUT2D eigenvalue weighted by Crippen LogP contribution is 2.41. The highest BCUT2D eigenvalue weighted by atomic mass is 19.1. The van der Waals surface area contributed by atoms with Crippen LogP contribution in [0.1, 0.15) is 32.9 Å². The van der Waals surface area contributed by atoms with Crippen molar-refractivity contribution in [3.05, 3.63) is 70.5 Å². The molecular formula is C27H27FN6O5. The minimum absolute atomic E-state index is 0.0188. The fraction of sp³-hybridized carbons (Fsp3) is 0.222. The molecule has 5 aromatic rings. The van der Waals surface area contributed by atoms with Crippen molar-refractivity contribution < 1.29 is 27.8 Å². The third-order valence-corrected chi connectivity index (χ3v) is 6.41. The third kappa shape index (κ3) is 4.89. The van der Waals surface area contributed by atoms with E-state index in [9.17, 15) is 9.18 Å². The monoisotopic (exact) mass is 534 g/mol. The summed E-state index contributed by atoms with van der Waals surface area (Å²) in [5, 5.41) is 3.98. The molecule has 202 valence electrons. The van der Waals surface area contributed by atoms with Crippen LogP contribution in [0.25, 0.3) is 21.9 Å². The molecule has 0 fully saturated rings. The van der Waals surface area contributed by atoms with Gasteiger partial charge in [-0.2, -0.15) is 4.98 Å². The largest absolute Gasteiger partial charge is 0.493 e. The van der Waals surface area contributed by atoms with E-state index in [1.165, 1.54) is 33.5 Å². The van der Waals surface area contributed by atoms with Gasteiger partial charge >= 0.3 is 0 Å². The van der Waals surface area contributed by atoms with Gasteiger partial charge in [0.05, 0.1) is 14.2 Å². The number of nitrogens with zero attached hydrogens (tertiary/aromatic N) is 2. The summed E-state index contributed by atoms with van der Waals surface area (Å²) in [6.07, 6.45) is 2.13. The number of halogens is 1. The molecule has 0 aliphatic rings. The molecule has 5 rings (SSSR count). The standard InChI is InChI=1S/C27H27FN6O5/c1-36-12-32-26(35)22-19(18-8-15(28)4-5-20(18)33-22)10-16-9-17-13(6-14-11-31-27(30)34-25(14)29)7-21(37-2)24(38-3)23(17)39-16/h4-5,7-9,11,33H,6,10,12H2,1-3H3,(H,32,35)(H4,29,30,31,34). The molecule has 0 aliphatic heterocycles. The van der Waals surface area contributed by atoms with E-state index in [4.69, 9.17) is 30.1 Å². The molecule has 0 saturated carbocycles. The molecule has 3 aromatic heterocycles. The molecule has 6 N–H and O–H groups in total. The van der Waals surface area contributed by atoms with Crippen LogP contribution in [0.4, 0.5) is 16.2 Å². The summed E-state index contributed by atoms with van der Waals surface area (Å²) in [6.45, 7) is 0.0188. The number of fused-ring (bicyclic) bond motifs is 2. The predicted octanol–water partition coefficient (Wildman–Crippen LogP) is 3.54. The Morgan fingerprint density at radius 2 is 1.90 bits per heavy atom. The van der Waals surface area contributed by atoms with Crippen LogP contribution in [-0.2, 0) is 17.6 Å². The van der Waals surface area contributed by atoms with Crippen molar-refractivity contribution >= 4 is 39.5 Å². The van der Waals surface area contributed by atoms with E-state index in [2.05, 4.69) is 20.3 Å². The molecule has 2 aromatic carbocycles. The first-order valence-electron chi connectivity index (χ1n) is 11.9. The summed E-state index contributed by atoms with van der Waals surface area (Å²) in [5.74, 6) is 0.926. The number of benzene rings is 2. The summed E-state index contributed by atoms with van der Waals surface area (Å²) >= 11 is 0. The van der Waals surface area contributed by atoms with Gasteiger partial charge in [0, 0.05) is 48.0 Å². The SMILES string of the molecule is COCNC(=O)c1[nH]c2ccc(F)cc2c1Cc1cc2c(Cc3cnc(N)nc3N)cc(OC)c(OC)c2o1. The van der Waals surface area contributed by atoms with Crippen molar-refractivity contribution in [1.82, 2.24) is 20.3 Å². The van der Waals surface area contributed by atoms with E-state index in [0.717, 1.165) is 10.9 Å². The van der Waals surface area contributed by atoms with E-state index in [0.29, 0.717) is 51.3 Å². The number of nitrogen functional groups attached to an aromatic ring is 2. The van der Waals surface area contributed by atoms with E-state index in [-0.39, 0.29) is 30.6 Å². The quantitative estimate of drug-likeness (QED) is 0.207. The van der Waals surface area contributed by atoms with Gasteiger partial charge in [-0.15, -0.1) is 0 Å². The van der Waals surface area contributed by atoms with E-state index in [1.807, 2.05) is 12.1 Å². The van der Waals surface area contributed by atoms with Crippen LogP contribution in [0.15, 0.2) is 40.9 Å². The molecule has 39 heavy (non-hydrogen) atoms. The average Bonchev–Trinajstić information content (AvgIpc) is 3.50. The number of H-pyrrole nitrogens is 1. The molecule has 0 spiro atoms. The average molecular weight is 535 g/mol. The topological polar surface area (TPSA) is 164 Å². The molecule has 12 heteroatoms. The lowest BCUT2D eigenvalue weighted by atomic mass is 10.0. The lowest BCUT2D eigenvalue weighted by molar-refractivity contribution is 0.0867. The summed E-state index contributed by atoms with van der Waals surface area (Å²) in [5.41, 5.74) is 15.2. The number of anilines is 2. The van der Waals surface area contributed by atoms with E-state index in [1.54, 1.807) is 12.3 Å². The molecule has 0 saturated heterocycles. The number of aromatic nitrogens is 3. The van der Waals surface area contributed by atoms with Crippen molar-refractivity contribution in [2.24, 2.45) is 0 Å². The summed E-state index contributed by atoms with van der Waals surface area (Å²) in [6, 6.07) is 7.99. The fourth-order valence-electron chi connectivity index (χ4n) is 4.61. The Bertz CT molecular complexity index is 1700. The molecule has 0 atom stereocenters.